The third-order valence-corrected chi connectivity index (χ3v) is 5.52. The fourth-order valence-electron chi connectivity index (χ4n) is 4.02. The van der Waals surface area contributed by atoms with E-state index in [1.165, 1.54) is 16.6 Å². The molecule has 0 aliphatic heterocycles. The van der Waals surface area contributed by atoms with Crippen LogP contribution in [0.3, 0.4) is 0 Å². The van der Waals surface area contributed by atoms with Crippen LogP contribution in [0.2, 0.25) is 0 Å². The van der Waals surface area contributed by atoms with Crippen LogP contribution in [0.4, 0.5) is 0 Å². The van der Waals surface area contributed by atoms with Gasteiger partial charge in [0.15, 0.2) is 0 Å². The minimum atomic E-state index is 0. The standard InChI is InChI=1S/C24H22N2O2.ClH/c1-4-13-26-16(3)15(2)18-11-12-25-24(23(18)26)27-17-9-10-22-20(14-17)19-7-5-6-8-21(19)28-22;/h5-12,14H,4,13H2,1-3H3;1H. The van der Waals surface area contributed by atoms with Gasteiger partial charge in [0.2, 0.25) is 5.88 Å². The summed E-state index contributed by atoms with van der Waals surface area (Å²) < 4.78 is 14.5. The Hall–Kier alpha value is -2.98. The average molecular weight is 407 g/mol. The second kappa shape index (κ2) is 7.45. The Bertz CT molecular complexity index is 1330. The van der Waals surface area contributed by atoms with Crippen molar-refractivity contribution < 1.29 is 9.15 Å². The first kappa shape index (κ1) is 19.3. The van der Waals surface area contributed by atoms with E-state index in [2.05, 4.69) is 42.5 Å². The zero-order valence-corrected chi connectivity index (χ0v) is 17.5. The molecule has 0 bridgehead atoms. The molecule has 4 nitrogen and oxygen atoms in total. The maximum Gasteiger partial charge on any atom is 0.244 e. The summed E-state index contributed by atoms with van der Waals surface area (Å²) in [5.41, 5.74) is 5.37. The lowest BCUT2D eigenvalue weighted by atomic mass is 10.1. The van der Waals surface area contributed by atoms with Crippen molar-refractivity contribution in [1.29, 1.82) is 0 Å². The Balaban J connectivity index is 0.00000205. The van der Waals surface area contributed by atoms with Gasteiger partial charge in [-0.1, -0.05) is 25.1 Å². The van der Waals surface area contributed by atoms with E-state index in [9.17, 15) is 0 Å². The van der Waals surface area contributed by atoms with Gasteiger partial charge in [0.05, 0.1) is 0 Å². The van der Waals surface area contributed by atoms with Crippen LogP contribution in [-0.4, -0.2) is 9.55 Å². The maximum absolute atomic E-state index is 6.30. The average Bonchev–Trinajstić information content (AvgIpc) is 3.20. The molecular weight excluding hydrogens is 384 g/mol. The van der Waals surface area contributed by atoms with Crippen molar-refractivity contribution in [2.24, 2.45) is 0 Å². The number of aromatic nitrogens is 2. The Morgan fingerprint density at radius 2 is 1.76 bits per heavy atom. The first-order valence-electron chi connectivity index (χ1n) is 9.71. The summed E-state index contributed by atoms with van der Waals surface area (Å²) in [7, 11) is 0. The summed E-state index contributed by atoms with van der Waals surface area (Å²) in [6, 6.07) is 16.1. The number of furan rings is 1. The molecule has 0 amide bonds. The number of fused-ring (bicyclic) bond motifs is 4. The van der Waals surface area contributed by atoms with Crippen molar-refractivity contribution in [1.82, 2.24) is 9.55 Å². The Morgan fingerprint density at radius 3 is 2.59 bits per heavy atom. The molecule has 5 rings (SSSR count). The van der Waals surface area contributed by atoms with E-state index in [0.29, 0.717) is 5.88 Å². The third-order valence-electron chi connectivity index (χ3n) is 5.52. The van der Waals surface area contributed by atoms with Crippen molar-refractivity contribution >= 4 is 45.2 Å². The highest BCUT2D eigenvalue weighted by molar-refractivity contribution is 6.05. The summed E-state index contributed by atoms with van der Waals surface area (Å²) >= 11 is 0. The molecular formula is C24H23ClN2O2. The molecule has 5 heteroatoms. The second-order valence-electron chi connectivity index (χ2n) is 7.23. The van der Waals surface area contributed by atoms with Gasteiger partial charge in [-0.2, -0.15) is 0 Å². The highest BCUT2D eigenvalue weighted by Crippen LogP contribution is 2.36. The summed E-state index contributed by atoms with van der Waals surface area (Å²) in [5.74, 6) is 1.41. The normalized spacial score (nSPS) is 11.3. The quantitative estimate of drug-likeness (QED) is 0.317. The van der Waals surface area contributed by atoms with E-state index >= 15 is 0 Å². The smallest absolute Gasteiger partial charge is 0.244 e. The van der Waals surface area contributed by atoms with Gasteiger partial charge in [-0.3, -0.25) is 0 Å². The van der Waals surface area contributed by atoms with Gasteiger partial charge in [-0.05, 0) is 56.2 Å². The SMILES string of the molecule is CCCn1c(C)c(C)c2ccnc(Oc3ccc4oc5ccccc5c4c3)c21.Cl. The predicted octanol–water partition coefficient (Wildman–Crippen LogP) is 7.18. The van der Waals surface area contributed by atoms with E-state index in [4.69, 9.17) is 9.15 Å². The number of aryl methyl sites for hydroxylation is 2. The van der Waals surface area contributed by atoms with Crippen molar-refractivity contribution in [2.75, 3.05) is 0 Å². The van der Waals surface area contributed by atoms with Crippen molar-refractivity contribution in [3.63, 3.8) is 0 Å². The predicted molar refractivity (Wildman–Crippen MR) is 121 cm³/mol. The highest BCUT2D eigenvalue weighted by atomic mass is 35.5. The molecule has 0 radical (unpaired) electrons. The van der Waals surface area contributed by atoms with Crippen LogP contribution in [-0.2, 0) is 6.54 Å². The molecule has 29 heavy (non-hydrogen) atoms. The molecule has 0 unspecified atom stereocenters. The summed E-state index contributed by atoms with van der Waals surface area (Å²) in [6.45, 7) is 7.47. The number of benzene rings is 2. The van der Waals surface area contributed by atoms with Crippen LogP contribution in [0.1, 0.15) is 24.6 Å². The van der Waals surface area contributed by atoms with Gasteiger partial charge in [0, 0.05) is 34.6 Å². The molecule has 0 aliphatic rings. The van der Waals surface area contributed by atoms with Crippen LogP contribution in [0.15, 0.2) is 59.1 Å². The van der Waals surface area contributed by atoms with Gasteiger partial charge in [-0.15, -0.1) is 12.4 Å². The molecule has 0 atom stereocenters. The largest absolute Gasteiger partial charge is 0.456 e. The monoisotopic (exact) mass is 406 g/mol. The summed E-state index contributed by atoms with van der Waals surface area (Å²) in [6.07, 6.45) is 2.89. The number of nitrogens with zero attached hydrogens (tertiary/aromatic N) is 2. The molecule has 3 heterocycles. The lowest BCUT2D eigenvalue weighted by Crippen LogP contribution is -2.01. The lowest BCUT2D eigenvalue weighted by molar-refractivity contribution is 0.465. The minimum Gasteiger partial charge on any atom is -0.456 e. The van der Waals surface area contributed by atoms with E-state index in [-0.39, 0.29) is 12.4 Å². The Morgan fingerprint density at radius 1 is 0.966 bits per heavy atom. The Kier molecular flexibility index (Phi) is 4.97. The molecule has 0 saturated carbocycles. The topological polar surface area (TPSA) is 40.2 Å². The van der Waals surface area contributed by atoms with Crippen LogP contribution in [0.5, 0.6) is 11.6 Å². The third kappa shape index (κ3) is 3.04. The Labute approximate surface area is 175 Å². The molecule has 2 aromatic carbocycles. The first-order chi connectivity index (χ1) is 13.7. The summed E-state index contributed by atoms with van der Waals surface area (Å²) in [5, 5.41) is 3.34. The molecule has 148 valence electrons. The fourth-order valence-corrected chi connectivity index (χ4v) is 4.02. The minimum absolute atomic E-state index is 0. The van der Waals surface area contributed by atoms with Gasteiger partial charge in [-0.25, -0.2) is 4.98 Å². The molecule has 0 aliphatic carbocycles. The molecule has 0 N–H and O–H groups in total. The number of hydrogen-bond acceptors (Lipinski definition) is 3. The van der Waals surface area contributed by atoms with Crippen molar-refractivity contribution in [3.8, 4) is 11.6 Å². The zero-order chi connectivity index (χ0) is 19.3. The molecule has 0 fully saturated rings. The van der Waals surface area contributed by atoms with Crippen LogP contribution in [0.25, 0.3) is 32.8 Å². The van der Waals surface area contributed by atoms with E-state index in [1.54, 1.807) is 0 Å². The number of pyridine rings is 1. The zero-order valence-electron chi connectivity index (χ0n) is 16.7. The first-order valence-corrected chi connectivity index (χ1v) is 9.71. The highest BCUT2D eigenvalue weighted by Gasteiger charge is 2.17. The van der Waals surface area contributed by atoms with E-state index < -0.39 is 0 Å². The van der Waals surface area contributed by atoms with Crippen LogP contribution >= 0.6 is 12.4 Å². The number of rotatable bonds is 4. The molecule has 5 aromatic rings. The second-order valence-corrected chi connectivity index (χ2v) is 7.23. The molecule has 3 aromatic heterocycles. The van der Waals surface area contributed by atoms with E-state index in [0.717, 1.165) is 46.2 Å². The van der Waals surface area contributed by atoms with Gasteiger partial charge >= 0.3 is 0 Å². The van der Waals surface area contributed by atoms with E-state index in [1.807, 2.05) is 42.6 Å². The van der Waals surface area contributed by atoms with Gasteiger partial charge in [0.25, 0.3) is 0 Å². The van der Waals surface area contributed by atoms with Crippen molar-refractivity contribution in [3.05, 3.63) is 66.0 Å². The van der Waals surface area contributed by atoms with Gasteiger partial charge < -0.3 is 13.7 Å². The summed E-state index contributed by atoms with van der Waals surface area (Å²) in [4.78, 5) is 4.56. The van der Waals surface area contributed by atoms with Crippen LogP contribution < -0.4 is 4.74 Å². The van der Waals surface area contributed by atoms with Crippen LogP contribution in [0, 0.1) is 13.8 Å². The fraction of sp³-hybridized carbons (Fsp3) is 0.208. The number of hydrogen-bond donors (Lipinski definition) is 0. The number of para-hydroxylation sites is 1. The maximum atomic E-state index is 6.30. The van der Waals surface area contributed by atoms with Crippen molar-refractivity contribution in [2.45, 2.75) is 33.7 Å². The molecule has 0 spiro atoms. The lowest BCUT2D eigenvalue weighted by Gasteiger charge is -2.11. The molecule has 0 saturated heterocycles. The number of halogens is 1. The number of ether oxygens (including phenoxy) is 1. The van der Waals surface area contributed by atoms with Gasteiger partial charge in [0.1, 0.15) is 22.4 Å².